The first-order chi connectivity index (χ1) is 18.6. The molecule has 218 valence electrons. The number of unbranched alkanes of at least 4 members (excludes halogenated alkanes) is 1. The fourth-order valence-electron chi connectivity index (χ4n) is 4.20. The summed E-state index contributed by atoms with van der Waals surface area (Å²) in [5.41, 5.74) is 0.403. The lowest BCUT2D eigenvalue weighted by Crippen LogP contribution is -2.58. The Labute approximate surface area is 227 Å². The second-order valence-electron chi connectivity index (χ2n) is 10.2. The van der Waals surface area contributed by atoms with Crippen LogP contribution < -0.4 is 10.5 Å². The molecule has 1 saturated heterocycles. The summed E-state index contributed by atoms with van der Waals surface area (Å²) in [6, 6.07) is 1.08. The van der Waals surface area contributed by atoms with E-state index in [1.807, 2.05) is 0 Å². The van der Waals surface area contributed by atoms with Gasteiger partial charge in [-0.25, -0.2) is 9.80 Å². The van der Waals surface area contributed by atoms with Gasteiger partial charge < -0.3 is 24.0 Å². The van der Waals surface area contributed by atoms with E-state index in [0.29, 0.717) is 17.7 Å². The standard InChI is InChI=1S/C25H30F3N5O7/c1-5-6-7-16(17(34)19(35)31-32-12-13-39-23(32)38)33(22(36)37)18(24(2,3)4)21-30-29-20(40-21)14-8-10-15(11-9-14)25(26,27)28/h8-11,16,18H,5-7,12-13H2,1-4H3,(H,31,35)(H,36,37)/p-1/t16-,18+/m0/s1. The van der Waals surface area contributed by atoms with E-state index < -0.39 is 53.1 Å². The molecule has 0 saturated carbocycles. The minimum atomic E-state index is -4.55. The van der Waals surface area contributed by atoms with Crippen LogP contribution in [0, 0.1) is 5.41 Å². The van der Waals surface area contributed by atoms with Crippen molar-refractivity contribution in [2.45, 2.75) is 65.2 Å². The number of amides is 3. The molecule has 1 aromatic carbocycles. The van der Waals surface area contributed by atoms with Crippen molar-refractivity contribution < 1.29 is 46.6 Å². The number of cyclic esters (lactones) is 1. The molecular weight excluding hydrogens is 539 g/mol. The summed E-state index contributed by atoms with van der Waals surface area (Å²) in [6.45, 7) is 6.72. The van der Waals surface area contributed by atoms with Crippen LogP contribution in [0.25, 0.3) is 11.5 Å². The molecule has 15 heteroatoms. The van der Waals surface area contributed by atoms with Crippen molar-refractivity contribution in [3.8, 4) is 11.5 Å². The molecule has 0 spiro atoms. The Morgan fingerprint density at radius 1 is 1.15 bits per heavy atom. The number of hydrogen-bond donors (Lipinski definition) is 1. The van der Waals surface area contributed by atoms with Crippen LogP contribution in [-0.4, -0.2) is 63.2 Å². The Bertz CT molecular complexity index is 1240. The van der Waals surface area contributed by atoms with E-state index in [1.165, 1.54) is 0 Å². The Morgan fingerprint density at radius 2 is 1.80 bits per heavy atom. The van der Waals surface area contributed by atoms with E-state index in [-0.39, 0.29) is 36.9 Å². The van der Waals surface area contributed by atoms with Crippen LogP contribution in [0.1, 0.15) is 64.5 Å². The maximum Gasteiger partial charge on any atom is 0.428 e. The van der Waals surface area contributed by atoms with Crippen LogP contribution in [-0.2, 0) is 20.5 Å². The lowest BCUT2D eigenvalue weighted by molar-refractivity contribution is -0.273. The Balaban J connectivity index is 1.98. The number of benzene rings is 1. The summed E-state index contributed by atoms with van der Waals surface area (Å²) < 4.78 is 49.3. The Morgan fingerprint density at radius 3 is 2.30 bits per heavy atom. The monoisotopic (exact) mass is 568 g/mol. The number of halogens is 3. The molecule has 2 aromatic rings. The largest absolute Gasteiger partial charge is 0.530 e. The van der Waals surface area contributed by atoms with Gasteiger partial charge >= 0.3 is 18.2 Å². The van der Waals surface area contributed by atoms with Gasteiger partial charge in [-0.3, -0.25) is 15.0 Å². The molecule has 12 nitrogen and oxygen atoms in total. The number of hydrazine groups is 1. The zero-order valence-electron chi connectivity index (χ0n) is 22.3. The molecule has 0 unspecified atom stereocenters. The predicted molar refractivity (Wildman–Crippen MR) is 129 cm³/mol. The number of ether oxygens (including phenoxy) is 1. The fraction of sp³-hybridized carbons (Fsp3) is 0.520. The van der Waals surface area contributed by atoms with Gasteiger partial charge in [-0.1, -0.05) is 40.5 Å². The van der Waals surface area contributed by atoms with E-state index in [2.05, 4.69) is 15.6 Å². The molecule has 1 aliphatic heterocycles. The predicted octanol–water partition coefficient (Wildman–Crippen LogP) is 3.10. The molecule has 1 N–H and O–H groups in total. The normalized spacial score (nSPS) is 15.4. The lowest BCUT2D eigenvalue weighted by Gasteiger charge is -2.43. The van der Waals surface area contributed by atoms with Crippen LogP contribution in [0.2, 0.25) is 0 Å². The van der Waals surface area contributed by atoms with Gasteiger partial charge in [0.25, 0.3) is 0 Å². The third-order valence-corrected chi connectivity index (χ3v) is 6.13. The molecule has 1 aromatic heterocycles. The molecule has 0 aliphatic carbocycles. The maximum absolute atomic E-state index is 13.3. The van der Waals surface area contributed by atoms with Crippen LogP contribution in [0.5, 0.6) is 0 Å². The van der Waals surface area contributed by atoms with E-state index in [0.717, 1.165) is 29.3 Å². The van der Waals surface area contributed by atoms with Gasteiger partial charge in [-0.2, -0.15) is 13.2 Å². The number of carbonyl (C=O) groups excluding carboxylic acids is 4. The molecule has 3 amide bonds. The quantitative estimate of drug-likeness (QED) is 0.425. The van der Waals surface area contributed by atoms with E-state index in [4.69, 9.17) is 9.15 Å². The van der Waals surface area contributed by atoms with Crippen LogP contribution in [0.3, 0.4) is 0 Å². The van der Waals surface area contributed by atoms with Gasteiger partial charge in [0.2, 0.25) is 17.6 Å². The number of nitrogens with one attached hydrogen (secondary N) is 1. The Kier molecular flexibility index (Phi) is 9.05. The topological polar surface area (TPSA) is 158 Å². The summed E-state index contributed by atoms with van der Waals surface area (Å²) in [7, 11) is 0. The Hall–Kier alpha value is -4.17. The first-order valence-electron chi connectivity index (χ1n) is 12.4. The maximum atomic E-state index is 13.3. The van der Waals surface area contributed by atoms with Crippen LogP contribution in [0.4, 0.5) is 22.8 Å². The fourth-order valence-corrected chi connectivity index (χ4v) is 4.20. The number of rotatable bonds is 10. The molecular formula is C25H29F3N5O7-. The highest BCUT2D eigenvalue weighted by atomic mass is 19.4. The van der Waals surface area contributed by atoms with Gasteiger partial charge in [-0.15, -0.1) is 10.2 Å². The van der Waals surface area contributed by atoms with Gasteiger partial charge in [0, 0.05) is 5.56 Å². The number of aromatic nitrogens is 2. The number of alkyl halides is 3. The average Bonchev–Trinajstić information content (AvgIpc) is 3.51. The molecule has 2 heterocycles. The minimum Gasteiger partial charge on any atom is -0.530 e. The van der Waals surface area contributed by atoms with E-state index in [1.54, 1.807) is 27.7 Å². The third-order valence-electron chi connectivity index (χ3n) is 6.13. The van der Waals surface area contributed by atoms with Crippen molar-refractivity contribution in [2.75, 3.05) is 13.2 Å². The number of carboxylic acid groups (broad SMARTS) is 1. The highest BCUT2D eigenvalue weighted by molar-refractivity contribution is 6.38. The number of nitrogens with zero attached hydrogens (tertiary/aromatic N) is 4. The lowest BCUT2D eigenvalue weighted by atomic mass is 9.84. The van der Waals surface area contributed by atoms with Crippen molar-refractivity contribution >= 4 is 23.9 Å². The summed E-state index contributed by atoms with van der Waals surface area (Å²) in [4.78, 5) is 51.0. The molecule has 3 rings (SSSR count). The van der Waals surface area contributed by atoms with Crippen molar-refractivity contribution in [2.24, 2.45) is 5.41 Å². The SMILES string of the molecule is CCCC[C@@H](C(=O)C(=O)NN1CCOC1=O)N(C(=O)[O-])[C@H](c1nnc(-c2ccc(C(F)(F)F)cc2)o1)C(C)(C)C. The average molecular weight is 569 g/mol. The number of Topliss-reactive ketones (excluding diaryl/α,β-unsaturated/α-hetero) is 1. The van der Waals surface area contributed by atoms with Crippen LogP contribution >= 0.6 is 0 Å². The third kappa shape index (κ3) is 6.87. The molecule has 40 heavy (non-hydrogen) atoms. The minimum absolute atomic E-state index is 0.001000. The van der Waals surface area contributed by atoms with Gasteiger partial charge in [0.15, 0.2) is 0 Å². The van der Waals surface area contributed by atoms with Gasteiger partial charge in [0.05, 0.1) is 18.2 Å². The smallest absolute Gasteiger partial charge is 0.428 e. The zero-order chi connectivity index (χ0) is 29.8. The first-order valence-corrected chi connectivity index (χ1v) is 12.4. The first kappa shape index (κ1) is 30.4. The summed E-state index contributed by atoms with van der Waals surface area (Å²) in [5, 5.41) is 21.2. The molecule has 0 bridgehead atoms. The zero-order valence-corrected chi connectivity index (χ0v) is 22.3. The van der Waals surface area contributed by atoms with Gasteiger partial charge in [0.1, 0.15) is 18.7 Å². The van der Waals surface area contributed by atoms with Crippen molar-refractivity contribution in [1.82, 2.24) is 25.5 Å². The van der Waals surface area contributed by atoms with Crippen LogP contribution in [0.15, 0.2) is 28.7 Å². The highest BCUT2D eigenvalue weighted by Gasteiger charge is 2.44. The molecule has 1 fully saturated rings. The number of ketones is 1. The number of hydrogen-bond acceptors (Lipinski definition) is 9. The van der Waals surface area contributed by atoms with Gasteiger partial charge in [-0.05, 0) is 36.1 Å². The van der Waals surface area contributed by atoms with Crippen molar-refractivity contribution in [3.05, 3.63) is 35.7 Å². The summed E-state index contributed by atoms with van der Waals surface area (Å²) >= 11 is 0. The second kappa shape index (κ2) is 11.9. The molecule has 1 aliphatic rings. The number of carbonyl (C=O) groups is 4. The summed E-state index contributed by atoms with van der Waals surface area (Å²) in [5.74, 6) is -2.81. The molecule has 0 radical (unpaired) electrons. The van der Waals surface area contributed by atoms with Crippen molar-refractivity contribution in [1.29, 1.82) is 0 Å². The second-order valence-corrected chi connectivity index (χ2v) is 10.2. The summed E-state index contributed by atoms with van der Waals surface area (Å²) in [6.07, 6.45) is -6.35. The van der Waals surface area contributed by atoms with Crippen molar-refractivity contribution in [3.63, 3.8) is 0 Å². The van der Waals surface area contributed by atoms with E-state index >= 15 is 0 Å². The highest BCUT2D eigenvalue weighted by Crippen LogP contribution is 2.40. The van der Waals surface area contributed by atoms with E-state index in [9.17, 15) is 37.5 Å². The molecule has 2 atom stereocenters.